The van der Waals surface area contributed by atoms with Crippen molar-refractivity contribution >= 4 is 50.0 Å². The van der Waals surface area contributed by atoms with Gasteiger partial charge in [-0.05, 0) is 69.2 Å². The van der Waals surface area contributed by atoms with E-state index in [1.165, 1.54) is 47.0 Å². The first kappa shape index (κ1) is 30.1. The van der Waals surface area contributed by atoms with Crippen LogP contribution in [-0.2, 0) is 27.7 Å². The lowest BCUT2D eigenvalue weighted by molar-refractivity contribution is 0.0772. The maximum absolute atomic E-state index is 13.5. The zero-order valence-corrected chi connectivity index (χ0v) is 25.2. The number of ether oxygens (including phenoxy) is 1. The van der Waals surface area contributed by atoms with E-state index in [1.807, 2.05) is 13.8 Å². The summed E-state index contributed by atoms with van der Waals surface area (Å²) in [6, 6.07) is 14.4. The molecule has 0 saturated carbocycles. The highest BCUT2D eigenvalue weighted by Crippen LogP contribution is 2.38. The minimum absolute atomic E-state index is 0.0449. The van der Waals surface area contributed by atoms with Crippen LogP contribution in [0.5, 0.6) is 0 Å². The molecule has 1 aliphatic rings. The Morgan fingerprint density at radius 2 is 1.66 bits per heavy atom. The van der Waals surface area contributed by atoms with Gasteiger partial charge in [-0.15, -0.1) is 11.3 Å². The number of thiophene rings is 1. The van der Waals surface area contributed by atoms with Crippen molar-refractivity contribution < 1.29 is 27.5 Å². The fourth-order valence-electron chi connectivity index (χ4n) is 4.65. The first-order chi connectivity index (χ1) is 19.6. The van der Waals surface area contributed by atoms with E-state index in [9.17, 15) is 22.8 Å². The predicted octanol–water partition coefficient (Wildman–Crippen LogP) is 4.82. The fourth-order valence-corrected chi connectivity index (χ4v) is 7.09. The number of sulfonamides is 1. The van der Waals surface area contributed by atoms with Crippen molar-refractivity contribution in [2.24, 2.45) is 0 Å². The van der Waals surface area contributed by atoms with Gasteiger partial charge in [0.1, 0.15) is 5.00 Å². The molecule has 3 aromatic rings. The summed E-state index contributed by atoms with van der Waals surface area (Å²) in [5.41, 5.74) is 2.03. The van der Waals surface area contributed by atoms with E-state index < -0.39 is 22.0 Å². The molecule has 0 bridgehead atoms. The lowest BCUT2D eigenvalue weighted by atomic mass is 10.0. The van der Waals surface area contributed by atoms with E-state index in [1.54, 1.807) is 47.1 Å². The summed E-state index contributed by atoms with van der Waals surface area (Å²) in [5, 5.41) is 3.29. The molecule has 4 rings (SSSR count). The van der Waals surface area contributed by atoms with Crippen molar-refractivity contribution in [1.29, 1.82) is 0 Å². The average molecular weight is 599 g/mol. The van der Waals surface area contributed by atoms with E-state index in [0.717, 1.165) is 10.4 Å². The van der Waals surface area contributed by atoms with Crippen LogP contribution in [0.1, 0.15) is 51.9 Å². The van der Waals surface area contributed by atoms with Crippen LogP contribution in [0, 0.1) is 0 Å². The summed E-state index contributed by atoms with van der Waals surface area (Å²) in [5.74, 6) is -0.655. The van der Waals surface area contributed by atoms with Gasteiger partial charge in [0.15, 0.2) is 0 Å². The van der Waals surface area contributed by atoms with E-state index in [-0.39, 0.29) is 29.5 Å². The van der Waals surface area contributed by atoms with Crippen LogP contribution in [0.4, 0.5) is 15.5 Å². The van der Waals surface area contributed by atoms with E-state index in [0.29, 0.717) is 42.3 Å². The standard InChI is InChI=1S/C29H34N4O6S2/c1-5-32(6-2)28(35)25-23-17-18-33(29(36)39-7-3)19-24(23)40-27(25)30-26(34)20-13-15-22(16-14-20)41(37,38)31(4)21-11-9-8-10-12-21/h8-16H,5-7,17-19H2,1-4H3,(H,30,34). The van der Waals surface area contributed by atoms with Gasteiger partial charge in [-0.3, -0.25) is 13.9 Å². The van der Waals surface area contributed by atoms with Crippen molar-refractivity contribution in [2.75, 3.05) is 42.9 Å². The molecule has 1 aliphatic heterocycles. The minimum Gasteiger partial charge on any atom is -0.450 e. The molecule has 1 aromatic heterocycles. The summed E-state index contributed by atoms with van der Waals surface area (Å²) in [4.78, 5) is 43.3. The minimum atomic E-state index is -3.83. The van der Waals surface area contributed by atoms with E-state index in [2.05, 4.69) is 5.32 Å². The number of fused-ring (bicyclic) bond motifs is 1. The van der Waals surface area contributed by atoms with E-state index >= 15 is 0 Å². The predicted molar refractivity (Wildman–Crippen MR) is 159 cm³/mol. The number of nitrogens with zero attached hydrogens (tertiary/aromatic N) is 3. The molecule has 218 valence electrons. The third-order valence-corrected chi connectivity index (χ3v) is 9.90. The average Bonchev–Trinajstić information content (AvgIpc) is 3.34. The molecule has 0 fully saturated rings. The number of hydrogen-bond acceptors (Lipinski definition) is 7. The Bertz CT molecular complexity index is 1520. The van der Waals surface area contributed by atoms with Crippen molar-refractivity contribution in [2.45, 2.75) is 38.6 Å². The third-order valence-electron chi connectivity index (χ3n) is 6.97. The molecular formula is C29H34N4O6S2. The molecule has 0 unspecified atom stereocenters. The lowest BCUT2D eigenvalue weighted by Crippen LogP contribution is -2.37. The van der Waals surface area contributed by atoms with Crippen LogP contribution in [-0.4, -0.2) is 69.4 Å². The van der Waals surface area contributed by atoms with Crippen molar-refractivity contribution in [1.82, 2.24) is 9.80 Å². The Morgan fingerprint density at radius 1 is 1.00 bits per heavy atom. The van der Waals surface area contributed by atoms with Gasteiger partial charge in [0.25, 0.3) is 21.8 Å². The topological polar surface area (TPSA) is 116 Å². The number of carbonyl (C=O) groups excluding carboxylic acids is 3. The zero-order chi connectivity index (χ0) is 29.7. The summed E-state index contributed by atoms with van der Waals surface area (Å²) >= 11 is 1.27. The largest absolute Gasteiger partial charge is 0.450 e. The normalized spacial score (nSPS) is 12.8. The quantitative estimate of drug-likeness (QED) is 0.378. The molecule has 3 amide bonds. The van der Waals surface area contributed by atoms with Crippen LogP contribution < -0.4 is 9.62 Å². The molecule has 0 aliphatic carbocycles. The molecular weight excluding hydrogens is 564 g/mol. The van der Waals surface area contributed by atoms with Gasteiger partial charge in [-0.2, -0.15) is 0 Å². The van der Waals surface area contributed by atoms with Crippen LogP contribution >= 0.6 is 11.3 Å². The van der Waals surface area contributed by atoms with Gasteiger partial charge in [-0.1, -0.05) is 18.2 Å². The van der Waals surface area contributed by atoms with Gasteiger partial charge < -0.3 is 19.9 Å². The number of amides is 3. The Labute approximate surface area is 244 Å². The van der Waals surface area contributed by atoms with Crippen LogP contribution in [0.2, 0.25) is 0 Å². The lowest BCUT2D eigenvalue weighted by Gasteiger charge is -2.27. The van der Waals surface area contributed by atoms with Crippen LogP contribution in [0.15, 0.2) is 59.5 Å². The molecule has 2 aromatic carbocycles. The highest BCUT2D eigenvalue weighted by Gasteiger charge is 2.32. The SMILES string of the molecule is CCOC(=O)N1CCc2c(sc(NC(=O)c3ccc(S(=O)(=O)N(C)c4ccccc4)cc3)c2C(=O)N(CC)CC)C1. The monoisotopic (exact) mass is 598 g/mol. The maximum atomic E-state index is 13.5. The Morgan fingerprint density at radius 3 is 2.27 bits per heavy atom. The maximum Gasteiger partial charge on any atom is 0.410 e. The fraction of sp³-hybridized carbons (Fsp3) is 0.345. The molecule has 12 heteroatoms. The van der Waals surface area contributed by atoms with Crippen molar-refractivity contribution in [3.05, 3.63) is 76.2 Å². The smallest absolute Gasteiger partial charge is 0.410 e. The van der Waals surface area contributed by atoms with Gasteiger partial charge in [0.2, 0.25) is 0 Å². The van der Waals surface area contributed by atoms with Crippen molar-refractivity contribution in [3.8, 4) is 0 Å². The van der Waals surface area contributed by atoms with Gasteiger partial charge in [0, 0.05) is 37.1 Å². The number of nitrogens with one attached hydrogen (secondary N) is 1. The zero-order valence-electron chi connectivity index (χ0n) is 23.5. The van der Waals surface area contributed by atoms with Crippen LogP contribution in [0.25, 0.3) is 0 Å². The highest BCUT2D eigenvalue weighted by atomic mass is 32.2. The second kappa shape index (κ2) is 12.7. The van der Waals surface area contributed by atoms with Gasteiger partial charge in [-0.25, -0.2) is 13.2 Å². The molecule has 0 saturated heterocycles. The summed E-state index contributed by atoms with van der Waals surface area (Å²) in [6.45, 7) is 7.51. The summed E-state index contributed by atoms with van der Waals surface area (Å²) < 4.78 is 32.6. The first-order valence-corrected chi connectivity index (χ1v) is 15.7. The molecule has 0 radical (unpaired) electrons. The number of carbonyl (C=O) groups is 3. The van der Waals surface area contributed by atoms with Crippen molar-refractivity contribution in [3.63, 3.8) is 0 Å². The second-order valence-corrected chi connectivity index (χ2v) is 12.4. The highest BCUT2D eigenvalue weighted by molar-refractivity contribution is 7.92. The first-order valence-electron chi connectivity index (χ1n) is 13.4. The molecule has 10 nitrogen and oxygen atoms in total. The number of anilines is 2. The molecule has 41 heavy (non-hydrogen) atoms. The second-order valence-electron chi connectivity index (χ2n) is 9.34. The number of para-hydroxylation sites is 1. The summed E-state index contributed by atoms with van der Waals surface area (Å²) in [6.07, 6.45) is 0.0476. The number of rotatable bonds is 9. The number of hydrogen-bond donors (Lipinski definition) is 1. The molecule has 0 atom stereocenters. The Balaban J connectivity index is 1.60. The Hall–Kier alpha value is -3.90. The molecule has 0 spiro atoms. The van der Waals surface area contributed by atoms with Gasteiger partial charge in [0.05, 0.1) is 29.3 Å². The summed E-state index contributed by atoms with van der Waals surface area (Å²) in [7, 11) is -2.36. The molecule has 2 heterocycles. The Kier molecular flexibility index (Phi) is 9.34. The van der Waals surface area contributed by atoms with E-state index in [4.69, 9.17) is 4.74 Å². The van der Waals surface area contributed by atoms with Crippen LogP contribution in [0.3, 0.4) is 0 Å². The van der Waals surface area contributed by atoms with Gasteiger partial charge >= 0.3 is 6.09 Å². The third kappa shape index (κ3) is 6.23. The molecule has 1 N–H and O–H groups in total. The number of benzene rings is 2.